The first kappa shape index (κ1) is 25.9. The third-order valence-electron chi connectivity index (χ3n) is 7.63. The number of halogens is 3. The van der Waals surface area contributed by atoms with Crippen molar-refractivity contribution in [2.45, 2.75) is 44.9 Å². The molecule has 2 fully saturated rings. The van der Waals surface area contributed by atoms with Crippen molar-refractivity contribution < 1.29 is 22.4 Å². The summed E-state index contributed by atoms with van der Waals surface area (Å²) >= 11 is 0. The lowest BCUT2D eigenvalue weighted by Gasteiger charge is -2.32. The van der Waals surface area contributed by atoms with E-state index in [2.05, 4.69) is 44.1 Å². The number of nitriles is 1. The minimum Gasteiger partial charge on any atom is -0.405 e. The molecule has 4 aromatic rings. The van der Waals surface area contributed by atoms with Crippen molar-refractivity contribution in [3.8, 4) is 23.1 Å². The van der Waals surface area contributed by atoms with E-state index in [0.29, 0.717) is 17.3 Å². The predicted molar refractivity (Wildman–Crippen MR) is 146 cm³/mol. The van der Waals surface area contributed by atoms with Crippen LogP contribution in [0.2, 0.25) is 0 Å². The molecule has 204 valence electrons. The molecule has 0 N–H and O–H groups in total. The maximum atomic E-state index is 13.1. The van der Waals surface area contributed by atoms with E-state index in [1.807, 2.05) is 25.1 Å². The zero-order chi connectivity index (χ0) is 27.9. The molecule has 1 saturated heterocycles. The van der Waals surface area contributed by atoms with Crippen molar-refractivity contribution in [3.63, 3.8) is 0 Å². The van der Waals surface area contributed by atoms with Crippen LogP contribution in [0.5, 0.6) is 5.75 Å². The monoisotopic (exact) mass is 544 g/mol. The second-order valence-corrected chi connectivity index (χ2v) is 10.4. The number of alkyl halides is 3. The molecule has 2 aliphatic rings. The SMILES string of the molecule is Cc1cc(C#N)nc2ccc(N3CCC(/C=C/c4c(-c5ccccc5OC(F)(F)F)noc4C4CC4)CC3)cc12. The van der Waals surface area contributed by atoms with Gasteiger partial charge in [0.25, 0.3) is 0 Å². The molecule has 40 heavy (non-hydrogen) atoms. The lowest BCUT2D eigenvalue weighted by atomic mass is 9.94. The van der Waals surface area contributed by atoms with E-state index in [-0.39, 0.29) is 17.2 Å². The molecule has 6 rings (SSSR count). The van der Waals surface area contributed by atoms with E-state index in [0.717, 1.165) is 72.3 Å². The van der Waals surface area contributed by atoms with Gasteiger partial charge < -0.3 is 14.2 Å². The number of anilines is 1. The lowest BCUT2D eigenvalue weighted by molar-refractivity contribution is -0.274. The number of allylic oxidation sites excluding steroid dienone is 1. The standard InChI is InChI=1S/C31H27F3N4O2/c1-19-16-22(18-35)36-27-11-9-23(17-26(19)27)38-14-12-20(13-15-38)6-10-25-29(37-40-30(25)21-7-8-21)24-4-2-3-5-28(24)39-31(32,33)34/h2-6,9-11,16-17,20-21H,7-8,12-15H2,1H3/b10-6+. The Morgan fingerprint density at radius 2 is 1.85 bits per heavy atom. The number of aromatic nitrogens is 2. The Morgan fingerprint density at radius 3 is 2.58 bits per heavy atom. The number of piperidine rings is 1. The third-order valence-corrected chi connectivity index (χ3v) is 7.63. The maximum Gasteiger partial charge on any atom is 0.573 e. The Bertz CT molecular complexity index is 1620. The first-order chi connectivity index (χ1) is 19.3. The molecule has 6 nitrogen and oxygen atoms in total. The molecule has 3 heterocycles. The molecule has 0 bridgehead atoms. The van der Waals surface area contributed by atoms with Crippen LogP contribution in [0.3, 0.4) is 0 Å². The number of aryl methyl sites for hydroxylation is 1. The summed E-state index contributed by atoms with van der Waals surface area (Å²) in [6.07, 6.45) is 3.15. The summed E-state index contributed by atoms with van der Waals surface area (Å²) in [5.74, 6) is 0.992. The summed E-state index contributed by atoms with van der Waals surface area (Å²) in [4.78, 5) is 6.77. The summed E-state index contributed by atoms with van der Waals surface area (Å²) < 4.78 is 49.1. The lowest BCUT2D eigenvalue weighted by Crippen LogP contribution is -2.33. The molecule has 0 amide bonds. The molecule has 2 aromatic carbocycles. The quantitative estimate of drug-likeness (QED) is 0.247. The van der Waals surface area contributed by atoms with Crippen LogP contribution in [0.1, 0.15) is 54.2 Å². The highest BCUT2D eigenvalue weighted by atomic mass is 19.4. The van der Waals surface area contributed by atoms with Gasteiger partial charge in [0.05, 0.1) is 5.52 Å². The van der Waals surface area contributed by atoms with Crippen molar-refractivity contribution in [2.75, 3.05) is 18.0 Å². The fourth-order valence-electron chi connectivity index (χ4n) is 5.40. The van der Waals surface area contributed by atoms with E-state index in [9.17, 15) is 18.4 Å². The van der Waals surface area contributed by atoms with Gasteiger partial charge in [-0.3, -0.25) is 0 Å². The Hall–Kier alpha value is -4.32. The van der Waals surface area contributed by atoms with Crippen molar-refractivity contribution in [1.29, 1.82) is 5.26 Å². The third kappa shape index (κ3) is 5.39. The average Bonchev–Trinajstić information content (AvgIpc) is 3.70. The molecule has 1 aliphatic heterocycles. The van der Waals surface area contributed by atoms with Crippen LogP contribution in [0.15, 0.2) is 59.1 Å². The van der Waals surface area contributed by atoms with E-state index in [1.165, 1.54) is 12.1 Å². The number of rotatable bonds is 6. The highest BCUT2D eigenvalue weighted by Gasteiger charge is 2.35. The number of nitrogens with zero attached hydrogens (tertiary/aromatic N) is 4. The normalized spacial score (nSPS) is 16.5. The van der Waals surface area contributed by atoms with Crippen LogP contribution in [0.4, 0.5) is 18.9 Å². The molecule has 0 atom stereocenters. The van der Waals surface area contributed by atoms with Gasteiger partial charge in [-0.2, -0.15) is 5.26 Å². The molecular formula is C31H27F3N4O2. The number of pyridine rings is 1. The smallest absolute Gasteiger partial charge is 0.405 e. The molecule has 2 aromatic heterocycles. The second kappa shape index (κ2) is 10.3. The minimum atomic E-state index is -4.80. The number of fused-ring (bicyclic) bond motifs is 1. The van der Waals surface area contributed by atoms with Crippen molar-refractivity contribution in [3.05, 3.63) is 77.2 Å². The van der Waals surface area contributed by atoms with Gasteiger partial charge in [-0.25, -0.2) is 4.98 Å². The summed E-state index contributed by atoms with van der Waals surface area (Å²) in [6.45, 7) is 3.74. The van der Waals surface area contributed by atoms with E-state index >= 15 is 0 Å². The fourth-order valence-corrected chi connectivity index (χ4v) is 5.40. The topological polar surface area (TPSA) is 75.2 Å². The van der Waals surface area contributed by atoms with Crippen LogP contribution < -0.4 is 9.64 Å². The van der Waals surface area contributed by atoms with Crippen LogP contribution in [-0.2, 0) is 0 Å². The molecule has 1 saturated carbocycles. The molecule has 0 unspecified atom stereocenters. The highest BCUT2D eigenvalue weighted by Crippen LogP contribution is 2.46. The second-order valence-electron chi connectivity index (χ2n) is 10.4. The number of hydrogen-bond acceptors (Lipinski definition) is 6. The highest BCUT2D eigenvalue weighted by molar-refractivity contribution is 5.86. The van der Waals surface area contributed by atoms with E-state index in [4.69, 9.17) is 4.52 Å². The van der Waals surface area contributed by atoms with Crippen molar-refractivity contribution in [2.24, 2.45) is 5.92 Å². The van der Waals surface area contributed by atoms with Gasteiger partial charge in [-0.15, -0.1) is 13.2 Å². The Morgan fingerprint density at radius 1 is 1.07 bits per heavy atom. The summed E-state index contributed by atoms with van der Waals surface area (Å²) in [6, 6.07) is 16.1. The molecule has 0 radical (unpaired) electrons. The maximum absolute atomic E-state index is 13.1. The largest absolute Gasteiger partial charge is 0.573 e. The number of ether oxygens (including phenoxy) is 1. The number of benzene rings is 2. The van der Waals surface area contributed by atoms with Gasteiger partial charge in [0, 0.05) is 41.2 Å². The van der Waals surface area contributed by atoms with Crippen LogP contribution in [0.25, 0.3) is 28.2 Å². The number of hydrogen-bond donors (Lipinski definition) is 0. The zero-order valence-electron chi connectivity index (χ0n) is 21.9. The Labute approximate surface area is 229 Å². The van der Waals surface area contributed by atoms with Gasteiger partial charge >= 0.3 is 6.36 Å². The fraction of sp³-hybridized carbons (Fsp3) is 0.323. The Kier molecular flexibility index (Phi) is 6.70. The van der Waals surface area contributed by atoms with Crippen LogP contribution in [-0.4, -0.2) is 29.6 Å². The van der Waals surface area contributed by atoms with Gasteiger partial charge in [-0.1, -0.05) is 29.4 Å². The van der Waals surface area contributed by atoms with Gasteiger partial charge in [0.2, 0.25) is 0 Å². The van der Waals surface area contributed by atoms with Gasteiger partial charge in [0.1, 0.15) is 29.0 Å². The first-order valence-electron chi connectivity index (χ1n) is 13.4. The summed E-state index contributed by atoms with van der Waals surface area (Å²) in [5, 5.41) is 14.4. The average molecular weight is 545 g/mol. The van der Waals surface area contributed by atoms with E-state index < -0.39 is 6.36 Å². The molecule has 0 spiro atoms. The molecular weight excluding hydrogens is 517 g/mol. The molecule has 1 aliphatic carbocycles. The Balaban J connectivity index is 1.20. The predicted octanol–water partition coefficient (Wildman–Crippen LogP) is 7.78. The molecule has 9 heteroatoms. The van der Waals surface area contributed by atoms with Crippen LogP contribution >= 0.6 is 0 Å². The van der Waals surface area contributed by atoms with Gasteiger partial charge in [0.15, 0.2) is 0 Å². The van der Waals surface area contributed by atoms with Crippen molar-refractivity contribution in [1.82, 2.24) is 10.1 Å². The minimum absolute atomic E-state index is 0.244. The van der Waals surface area contributed by atoms with E-state index in [1.54, 1.807) is 12.1 Å². The zero-order valence-corrected chi connectivity index (χ0v) is 21.9. The van der Waals surface area contributed by atoms with Gasteiger partial charge in [-0.05, 0) is 80.5 Å². The summed E-state index contributed by atoms with van der Waals surface area (Å²) in [5.41, 5.74) is 4.75. The first-order valence-corrected chi connectivity index (χ1v) is 13.4. The van der Waals surface area contributed by atoms with Crippen molar-refractivity contribution >= 4 is 22.7 Å². The summed E-state index contributed by atoms with van der Waals surface area (Å²) in [7, 11) is 0. The number of para-hydroxylation sites is 1. The van der Waals surface area contributed by atoms with Crippen LogP contribution in [0, 0.1) is 24.2 Å².